The van der Waals surface area contributed by atoms with Crippen LogP contribution in [-0.4, -0.2) is 0 Å². The average Bonchev–Trinajstić information content (AvgIpc) is 2.45. The van der Waals surface area contributed by atoms with E-state index in [4.69, 9.17) is 0 Å². The van der Waals surface area contributed by atoms with E-state index in [9.17, 15) is 8.78 Å². The molecule has 0 spiro atoms. The second-order valence-corrected chi connectivity index (χ2v) is 5.18. The molecule has 4 heteroatoms. The van der Waals surface area contributed by atoms with Crippen molar-refractivity contribution in [3.63, 3.8) is 0 Å². The van der Waals surface area contributed by atoms with Gasteiger partial charge in [0.15, 0.2) is 0 Å². The van der Waals surface area contributed by atoms with Gasteiger partial charge in [0.1, 0.15) is 0 Å². The third-order valence-corrected chi connectivity index (χ3v) is 3.68. The summed E-state index contributed by atoms with van der Waals surface area (Å²) >= 11 is 4.45. The van der Waals surface area contributed by atoms with Crippen LogP contribution < -0.4 is 0 Å². The van der Waals surface area contributed by atoms with Crippen molar-refractivity contribution in [1.29, 1.82) is 0 Å². The lowest BCUT2D eigenvalue weighted by molar-refractivity contribution is 0.0216. The van der Waals surface area contributed by atoms with E-state index >= 15 is 0 Å². The number of fused-ring (bicyclic) bond motifs is 1. The zero-order chi connectivity index (χ0) is 10.3. The van der Waals surface area contributed by atoms with Gasteiger partial charge in [0.2, 0.25) is 0 Å². The van der Waals surface area contributed by atoms with Crippen molar-refractivity contribution in [2.75, 3.05) is 0 Å². The van der Waals surface area contributed by atoms with Crippen LogP contribution in [0.2, 0.25) is 0 Å². The summed E-state index contributed by atoms with van der Waals surface area (Å²) in [5.74, 6) is -2.74. The van der Waals surface area contributed by atoms with Gasteiger partial charge in [-0.1, -0.05) is 22.0 Å². The fourth-order valence-corrected chi connectivity index (χ4v) is 2.77. The highest BCUT2D eigenvalue weighted by molar-refractivity contribution is 9.10. The summed E-state index contributed by atoms with van der Waals surface area (Å²) in [6.45, 7) is 0.923. The molecule has 0 N–H and O–H groups in total. The van der Waals surface area contributed by atoms with Gasteiger partial charge >= 0.3 is 0 Å². The Kier molecular flexibility index (Phi) is 2.35. The van der Waals surface area contributed by atoms with Crippen molar-refractivity contribution < 1.29 is 8.78 Å². The predicted molar refractivity (Wildman–Crippen MR) is 59.1 cm³/mol. The molecular weight excluding hydrogens is 270 g/mol. The number of hydrogen-bond donors (Lipinski definition) is 0. The number of thiophene rings is 1. The summed E-state index contributed by atoms with van der Waals surface area (Å²) < 4.78 is 27.8. The molecule has 0 aliphatic rings. The van der Waals surface area contributed by atoms with Gasteiger partial charge < -0.3 is 0 Å². The van der Waals surface area contributed by atoms with Crippen molar-refractivity contribution in [3.05, 3.63) is 33.6 Å². The van der Waals surface area contributed by atoms with Crippen molar-refractivity contribution in [1.82, 2.24) is 0 Å². The van der Waals surface area contributed by atoms with Crippen molar-refractivity contribution >= 4 is 37.4 Å². The molecule has 74 valence electrons. The Labute approximate surface area is 92.7 Å². The minimum Gasteiger partial charge on any atom is -0.201 e. The van der Waals surface area contributed by atoms with Crippen molar-refractivity contribution in [2.45, 2.75) is 12.8 Å². The van der Waals surface area contributed by atoms with Crippen LogP contribution in [0.5, 0.6) is 0 Å². The zero-order valence-electron chi connectivity index (χ0n) is 7.35. The van der Waals surface area contributed by atoms with Gasteiger partial charge in [-0.2, -0.15) is 0 Å². The fourth-order valence-electron chi connectivity index (χ4n) is 1.22. The minimum atomic E-state index is -2.74. The van der Waals surface area contributed by atoms with Crippen LogP contribution in [0, 0.1) is 0 Å². The average molecular weight is 277 g/mol. The van der Waals surface area contributed by atoms with Crippen LogP contribution in [0.3, 0.4) is 0 Å². The van der Waals surface area contributed by atoms with E-state index in [2.05, 4.69) is 15.9 Å². The quantitative estimate of drug-likeness (QED) is 0.704. The predicted octanol–water partition coefficient (Wildman–Crippen LogP) is 4.78. The molecule has 0 amide bonds. The Hall–Kier alpha value is -0.480. The lowest BCUT2D eigenvalue weighted by atomic mass is 10.2. The van der Waals surface area contributed by atoms with Crippen LogP contribution in [0.15, 0.2) is 28.7 Å². The molecule has 0 atom stereocenters. The van der Waals surface area contributed by atoms with E-state index in [0.717, 1.165) is 32.8 Å². The van der Waals surface area contributed by atoms with Gasteiger partial charge in [-0.3, -0.25) is 0 Å². The van der Waals surface area contributed by atoms with Gasteiger partial charge in [0.05, 0.1) is 4.88 Å². The summed E-state index contributed by atoms with van der Waals surface area (Å²) in [6.07, 6.45) is 0. The molecule has 2 aromatic rings. The van der Waals surface area contributed by atoms with Gasteiger partial charge in [-0.15, -0.1) is 11.3 Å². The largest absolute Gasteiger partial charge is 0.279 e. The molecule has 1 aromatic carbocycles. The van der Waals surface area contributed by atoms with Gasteiger partial charge in [-0.25, -0.2) is 8.78 Å². The standard InChI is InChI=1S/C10H7BrF2S/c1-10(12,13)9-4-6-2-3-7(11)5-8(6)14-9/h2-5H,1H3. The number of alkyl halides is 2. The van der Waals surface area contributed by atoms with Gasteiger partial charge in [0, 0.05) is 16.1 Å². The van der Waals surface area contributed by atoms with E-state index in [1.165, 1.54) is 0 Å². The van der Waals surface area contributed by atoms with E-state index in [1.54, 1.807) is 6.07 Å². The SMILES string of the molecule is CC(F)(F)c1cc2ccc(Br)cc2s1. The molecule has 14 heavy (non-hydrogen) atoms. The molecule has 2 rings (SSSR count). The summed E-state index contributed by atoms with van der Waals surface area (Å²) in [5.41, 5.74) is 0. The monoisotopic (exact) mass is 276 g/mol. The molecule has 0 radical (unpaired) electrons. The Morgan fingerprint density at radius 2 is 2.00 bits per heavy atom. The topological polar surface area (TPSA) is 0 Å². The van der Waals surface area contributed by atoms with Gasteiger partial charge in [0.25, 0.3) is 5.92 Å². The Bertz CT molecular complexity index is 470. The summed E-state index contributed by atoms with van der Waals surface area (Å²) in [4.78, 5) is 0.116. The molecule has 1 aromatic heterocycles. The molecule has 0 unspecified atom stereocenters. The fraction of sp³-hybridized carbons (Fsp3) is 0.200. The first-order chi connectivity index (χ1) is 6.47. The molecule has 0 saturated carbocycles. The number of benzene rings is 1. The molecule has 0 fully saturated rings. The van der Waals surface area contributed by atoms with Crippen LogP contribution in [0.1, 0.15) is 11.8 Å². The van der Waals surface area contributed by atoms with Crippen LogP contribution in [0.25, 0.3) is 10.1 Å². The highest BCUT2D eigenvalue weighted by Crippen LogP contribution is 2.37. The number of halogens is 3. The second kappa shape index (κ2) is 3.28. The first kappa shape index (κ1) is 10.1. The smallest absolute Gasteiger partial charge is 0.201 e. The van der Waals surface area contributed by atoms with Crippen LogP contribution >= 0.6 is 27.3 Å². The van der Waals surface area contributed by atoms with Crippen molar-refractivity contribution in [2.24, 2.45) is 0 Å². The van der Waals surface area contributed by atoms with E-state index in [0.29, 0.717) is 0 Å². The first-order valence-corrected chi connectivity index (χ1v) is 5.65. The molecular formula is C10H7BrF2S. The van der Waals surface area contributed by atoms with Crippen LogP contribution in [0.4, 0.5) is 8.78 Å². The highest BCUT2D eigenvalue weighted by Gasteiger charge is 2.26. The molecule has 0 aliphatic carbocycles. The highest BCUT2D eigenvalue weighted by atomic mass is 79.9. The minimum absolute atomic E-state index is 0.116. The lowest BCUT2D eigenvalue weighted by Gasteiger charge is -2.04. The Morgan fingerprint density at radius 3 is 2.64 bits per heavy atom. The van der Waals surface area contributed by atoms with E-state index < -0.39 is 5.92 Å². The van der Waals surface area contributed by atoms with Crippen molar-refractivity contribution in [3.8, 4) is 0 Å². The third-order valence-electron chi connectivity index (χ3n) is 1.91. The Morgan fingerprint density at radius 1 is 1.29 bits per heavy atom. The molecule has 0 nitrogen and oxygen atoms in total. The van der Waals surface area contributed by atoms with Crippen LogP contribution in [-0.2, 0) is 5.92 Å². The maximum absolute atomic E-state index is 13.0. The first-order valence-electron chi connectivity index (χ1n) is 4.04. The normalized spacial score (nSPS) is 12.3. The zero-order valence-corrected chi connectivity index (χ0v) is 9.75. The van der Waals surface area contributed by atoms with Gasteiger partial charge in [-0.05, 0) is 23.6 Å². The number of rotatable bonds is 1. The maximum atomic E-state index is 13.0. The summed E-state index contributed by atoms with van der Waals surface area (Å²) in [6, 6.07) is 7.10. The van der Waals surface area contributed by atoms with E-state index in [1.807, 2.05) is 18.2 Å². The Balaban J connectivity index is 2.63. The lowest BCUT2D eigenvalue weighted by Crippen LogP contribution is -2.02. The molecule has 0 aliphatic heterocycles. The summed E-state index contributed by atoms with van der Waals surface area (Å²) in [7, 11) is 0. The van der Waals surface area contributed by atoms with E-state index in [-0.39, 0.29) is 4.88 Å². The number of hydrogen-bond acceptors (Lipinski definition) is 1. The molecule has 0 saturated heterocycles. The summed E-state index contributed by atoms with van der Waals surface area (Å²) in [5, 5.41) is 0.870. The third kappa shape index (κ3) is 1.81. The molecule has 0 bridgehead atoms. The molecule has 1 heterocycles. The maximum Gasteiger partial charge on any atom is 0.279 e. The second-order valence-electron chi connectivity index (χ2n) is 3.18.